The molecule has 2 amide bonds. The molecule has 0 aromatic heterocycles. The van der Waals surface area contributed by atoms with Crippen molar-refractivity contribution in [2.24, 2.45) is 17.2 Å². The first-order valence-electron chi connectivity index (χ1n) is 10.2. The van der Waals surface area contributed by atoms with Crippen LogP contribution in [0.5, 0.6) is 0 Å². The molecular formula is C18H28N4O14. The number of Topliss-reactive ketones (excluding diaryl/α,β-unsaturated/α-hetero) is 1. The van der Waals surface area contributed by atoms with E-state index in [4.69, 9.17) is 32.2 Å². The van der Waals surface area contributed by atoms with Gasteiger partial charge in [0.1, 0.15) is 24.4 Å². The number of aliphatic carboxylic acids is 3. The molecule has 18 heteroatoms. The summed E-state index contributed by atoms with van der Waals surface area (Å²) in [6.45, 7) is -1.03. The van der Waals surface area contributed by atoms with Gasteiger partial charge in [0.15, 0.2) is 5.78 Å². The van der Waals surface area contributed by atoms with Gasteiger partial charge in [-0.1, -0.05) is 0 Å². The highest BCUT2D eigenvalue weighted by Gasteiger charge is 2.57. The maximum Gasteiger partial charge on any atom is 0.327 e. The Hall–Kier alpha value is -3.10. The third kappa shape index (κ3) is 6.77. The summed E-state index contributed by atoms with van der Waals surface area (Å²) in [7, 11) is 0. The van der Waals surface area contributed by atoms with Gasteiger partial charge in [0.2, 0.25) is 17.6 Å². The zero-order chi connectivity index (χ0) is 28.1. The number of nitrogens with zero attached hydrogens (tertiary/aromatic N) is 1. The van der Waals surface area contributed by atoms with Gasteiger partial charge in [0, 0.05) is 6.42 Å². The summed E-state index contributed by atoms with van der Waals surface area (Å²) in [5.41, 5.74) is 16.5. The molecule has 1 aliphatic rings. The molecule has 0 bridgehead atoms. The average Bonchev–Trinajstić information content (AvgIpc) is 2.77. The van der Waals surface area contributed by atoms with Crippen molar-refractivity contribution >= 4 is 35.5 Å². The lowest BCUT2D eigenvalue weighted by molar-refractivity contribution is -0.297. The highest BCUT2D eigenvalue weighted by atomic mass is 16.7. The Morgan fingerprint density at radius 2 is 1.31 bits per heavy atom. The van der Waals surface area contributed by atoms with E-state index in [0.29, 0.717) is 0 Å². The number of nitrogens with two attached hydrogens (primary N) is 3. The van der Waals surface area contributed by atoms with Gasteiger partial charge in [-0.15, -0.1) is 0 Å². The van der Waals surface area contributed by atoms with Crippen LogP contribution >= 0.6 is 0 Å². The Labute approximate surface area is 201 Å². The van der Waals surface area contributed by atoms with E-state index < -0.39 is 110 Å². The number of hydrogen-bond donors (Lipinski definition) is 10. The van der Waals surface area contributed by atoms with E-state index in [1.165, 1.54) is 0 Å². The fraction of sp³-hybridized carbons (Fsp3) is 0.667. The fourth-order valence-corrected chi connectivity index (χ4v) is 3.37. The minimum absolute atomic E-state index is 0.200. The van der Waals surface area contributed by atoms with Gasteiger partial charge < -0.3 is 57.7 Å². The zero-order valence-electron chi connectivity index (χ0n) is 18.5. The summed E-state index contributed by atoms with van der Waals surface area (Å²) in [5.74, 6) is -13.5. The van der Waals surface area contributed by atoms with Crippen LogP contribution in [-0.4, -0.2) is 131 Å². The monoisotopic (exact) mass is 524 g/mol. The van der Waals surface area contributed by atoms with Crippen molar-refractivity contribution in [2.45, 2.75) is 67.5 Å². The predicted octanol–water partition coefficient (Wildman–Crippen LogP) is -6.51. The third-order valence-corrected chi connectivity index (χ3v) is 5.33. The van der Waals surface area contributed by atoms with Gasteiger partial charge in [0.05, 0.1) is 37.6 Å². The molecule has 1 fully saturated rings. The fourth-order valence-electron chi connectivity index (χ4n) is 3.37. The molecule has 0 aromatic rings. The van der Waals surface area contributed by atoms with Crippen LogP contribution in [0.15, 0.2) is 0 Å². The summed E-state index contributed by atoms with van der Waals surface area (Å²) in [6, 6.07) is -8.70. The van der Waals surface area contributed by atoms with Crippen molar-refractivity contribution in [1.29, 1.82) is 0 Å². The number of carboxylic acids is 3. The number of aliphatic hydroxyl groups is 4. The van der Waals surface area contributed by atoms with E-state index in [1.54, 1.807) is 0 Å². The van der Waals surface area contributed by atoms with Crippen LogP contribution in [0, 0.1) is 0 Å². The summed E-state index contributed by atoms with van der Waals surface area (Å²) in [4.78, 5) is 72.1. The molecule has 1 saturated heterocycles. The molecule has 36 heavy (non-hydrogen) atoms. The first kappa shape index (κ1) is 30.9. The molecule has 0 aromatic carbocycles. The first-order valence-corrected chi connectivity index (χ1v) is 10.2. The molecule has 1 unspecified atom stereocenters. The molecule has 1 aliphatic heterocycles. The van der Waals surface area contributed by atoms with Crippen LogP contribution in [0.4, 0.5) is 0 Å². The molecule has 0 radical (unpaired) electrons. The topological polar surface area (TPSA) is 335 Å². The number of hydrogen-bond acceptors (Lipinski definition) is 14. The molecule has 8 atom stereocenters. The van der Waals surface area contributed by atoms with Crippen molar-refractivity contribution < 1.29 is 69.2 Å². The maximum absolute atomic E-state index is 12.9. The van der Waals surface area contributed by atoms with Crippen LogP contribution in [0.1, 0.15) is 19.3 Å². The standard InChI is InChI=1S/C18H28N4O14/c19-5(1-10(25)26)15(31)22(16(32)6(20)2-11(27)28)7(17(33)34)3-9(24)18(35)14(21)13(30)12(29)8(4-23)36-18/h5-8,12-14,23,29-30,35H,1-4,19-21H2,(H,25,26)(H,27,28)(H,33,34)/t5-,6-,7-,8+,12+,13-,14+,18?/m0/s1. The second kappa shape index (κ2) is 12.2. The number of imide groups is 1. The number of carbonyl (C=O) groups is 6. The molecule has 13 N–H and O–H groups in total. The van der Waals surface area contributed by atoms with Crippen molar-refractivity contribution in [3.8, 4) is 0 Å². The number of amides is 2. The number of ether oxygens (including phenoxy) is 1. The van der Waals surface area contributed by atoms with Gasteiger partial charge in [-0.3, -0.25) is 28.9 Å². The smallest absolute Gasteiger partial charge is 0.327 e. The minimum Gasteiger partial charge on any atom is -0.481 e. The number of ketones is 1. The lowest BCUT2D eigenvalue weighted by atomic mass is 9.86. The molecule has 0 aliphatic carbocycles. The third-order valence-electron chi connectivity index (χ3n) is 5.33. The quantitative estimate of drug-likeness (QED) is 0.113. The normalized spacial score (nSPS) is 28.4. The molecular weight excluding hydrogens is 496 g/mol. The molecule has 1 heterocycles. The Morgan fingerprint density at radius 3 is 1.67 bits per heavy atom. The van der Waals surface area contributed by atoms with E-state index in [-0.39, 0.29) is 4.90 Å². The van der Waals surface area contributed by atoms with E-state index in [9.17, 15) is 54.3 Å². The molecule has 0 spiro atoms. The summed E-state index contributed by atoms with van der Waals surface area (Å²) >= 11 is 0. The van der Waals surface area contributed by atoms with Crippen molar-refractivity contribution in [1.82, 2.24) is 4.90 Å². The Morgan fingerprint density at radius 1 is 0.861 bits per heavy atom. The van der Waals surface area contributed by atoms with Gasteiger partial charge in [-0.05, 0) is 0 Å². The lowest BCUT2D eigenvalue weighted by Crippen LogP contribution is -2.71. The molecule has 0 saturated carbocycles. The number of carboxylic acid groups (broad SMARTS) is 3. The van der Waals surface area contributed by atoms with Crippen LogP contribution in [0.3, 0.4) is 0 Å². The van der Waals surface area contributed by atoms with Crippen LogP contribution in [-0.2, 0) is 33.5 Å². The Balaban J connectivity index is 3.45. The number of carbonyl (C=O) groups excluding carboxylic acids is 3. The van der Waals surface area contributed by atoms with Crippen LogP contribution in [0.2, 0.25) is 0 Å². The number of rotatable bonds is 12. The summed E-state index contributed by atoms with van der Waals surface area (Å²) in [6.07, 6.45) is -9.35. The summed E-state index contributed by atoms with van der Waals surface area (Å²) < 4.78 is 4.90. The predicted molar refractivity (Wildman–Crippen MR) is 110 cm³/mol. The zero-order valence-corrected chi connectivity index (χ0v) is 18.5. The van der Waals surface area contributed by atoms with E-state index in [1.807, 2.05) is 0 Å². The van der Waals surface area contributed by atoms with Gasteiger partial charge in [-0.25, -0.2) is 4.79 Å². The summed E-state index contributed by atoms with van der Waals surface area (Å²) in [5, 5.41) is 67.2. The largest absolute Gasteiger partial charge is 0.481 e. The minimum atomic E-state index is -3.23. The van der Waals surface area contributed by atoms with Crippen LogP contribution in [0.25, 0.3) is 0 Å². The van der Waals surface area contributed by atoms with E-state index >= 15 is 0 Å². The Bertz CT molecular complexity index is 863. The van der Waals surface area contributed by atoms with Gasteiger partial charge >= 0.3 is 17.9 Å². The second-order valence-corrected chi connectivity index (χ2v) is 7.98. The van der Waals surface area contributed by atoms with Crippen LogP contribution < -0.4 is 17.2 Å². The second-order valence-electron chi connectivity index (χ2n) is 7.98. The SMILES string of the molecule is N[C@@H]1[C@@H](O)[C@H](O)[C@@H](CO)OC1(O)C(=O)C[C@@H](C(=O)O)N(C(=O)[C@@H](N)CC(=O)O)C(=O)[C@@H](N)CC(=O)O. The van der Waals surface area contributed by atoms with Gasteiger partial charge in [0.25, 0.3) is 0 Å². The number of aliphatic hydroxyl groups excluding tert-OH is 3. The Kier molecular flexibility index (Phi) is 10.5. The lowest BCUT2D eigenvalue weighted by Gasteiger charge is -2.45. The highest BCUT2D eigenvalue weighted by molar-refractivity contribution is 6.06. The maximum atomic E-state index is 12.9. The molecule has 204 valence electrons. The van der Waals surface area contributed by atoms with E-state index in [2.05, 4.69) is 0 Å². The van der Waals surface area contributed by atoms with Crippen molar-refractivity contribution in [2.75, 3.05) is 6.61 Å². The average molecular weight is 524 g/mol. The highest BCUT2D eigenvalue weighted by Crippen LogP contribution is 2.30. The van der Waals surface area contributed by atoms with E-state index in [0.717, 1.165) is 0 Å². The van der Waals surface area contributed by atoms with Crippen molar-refractivity contribution in [3.63, 3.8) is 0 Å². The first-order chi connectivity index (χ1) is 16.5. The molecule has 1 rings (SSSR count). The molecule has 18 nitrogen and oxygen atoms in total. The van der Waals surface area contributed by atoms with Crippen molar-refractivity contribution in [3.05, 3.63) is 0 Å². The van der Waals surface area contributed by atoms with Gasteiger partial charge in [-0.2, -0.15) is 0 Å².